The average Bonchev–Trinajstić information content (AvgIpc) is 3.55. The minimum atomic E-state index is -4.32. The molecular weight excluding hydrogens is 407 g/mol. The van der Waals surface area contributed by atoms with Gasteiger partial charge in [0.25, 0.3) is 0 Å². The lowest BCUT2D eigenvalue weighted by molar-refractivity contribution is -0.137. The van der Waals surface area contributed by atoms with Crippen molar-refractivity contribution in [3.63, 3.8) is 0 Å². The van der Waals surface area contributed by atoms with Gasteiger partial charge in [0.15, 0.2) is 5.96 Å². The molecule has 1 aliphatic heterocycles. The summed E-state index contributed by atoms with van der Waals surface area (Å²) in [4.78, 5) is 7.08. The smallest absolute Gasteiger partial charge is 0.385 e. The van der Waals surface area contributed by atoms with Crippen molar-refractivity contribution in [2.75, 3.05) is 46.5 Å². The van der Waals surface area contributed by atoms with Crippen LogP contribution in [0.1, 0.15) is 50.2 Å². The maximum atomic E-state index is 13.1. The number of hydrogen-bond acceptors (Lipinski definition) is 3. The van der Waals surface area contributed by atoms with Crippen LogP contribution in [-0.2, 0) is 21.1 Å². The van der Waals surface area contributed by atoms with Crippen molar-refractivity contribution in [2.24, 2.45) is 4.99 Å². The molecule has 1 aromatic carbocycles. The van der Waals surface area contributed by atoms with Crippen LogP contribution in [0.5, 0.6) is 0 Å². The molecule has 1 saturated carbocycles. The van der Waals surface area contributed by atoms with Crippen molar-refractivity contribution >= 4 is 5.96 Å². The number of nitrogens with one attached hydrogen (secondary N) is 1. The predicted octanol–water partition coefficient (Wildman–Crippen LogP) is 4.22. The fraction of sp³-hybridized carbons (Fsp3) is 0.696. The Morgan fingerprint density at radius 2 is 1.97 bits per heavy atom. The third-order valence-electron chi connectivity index (χ3n) is 6.11. The first-order valence-electron chi connectivity index (χ1n) is 11.2. The van der Waals surface area contributed by atoms with Gasteiger partial charge in [-0.2, -0.15) is 13.2 Å². The maximum absolute atomic E-state index is 13.1. The summed E-state index contributed by atoms with van der Waals surface area (Å²) >= 11 is 0. The number of nitrogens with zero attached hydrogens (tertiary/aromatic N) is 2. The molecule has 2 aliphatic rings. The summed E-state index contributed by atoms with van der Waals surface area (Å²) in [5.41, 5.74) is -0.116. The monoisotopic (exact) mass is 441 g/mol. The lowest BCUT2D eigenvalue weighted by atomic mass is 9.94. The molecule has 0 spiro atoms. The molecule has 31 heavy (non-hydrogen) atoms. The van der Waals surface area contributed by atoms with Crippen LogP contribution in [0, 0.1) is 0 Å². The van der Waals surface area contributed by atoms with E-state index < -0.39 is 11.7 Å². The zero-order valence-corrected chi connectivity index (χ0v) is 18.5. The van der Waals surface area contributed by atoms with Gasteiger partial charge < -0.3 is 19.7 Å². The van der Waals surface area contributed by atoms with Crippen LogP contribution < -0.4 is 5.32 Å². The first-order chi connectivity index (χ1) is 14.9. The fourth-order valence-electron chi connectivity index (χ4n) is 4.05. The third kappa shape index (κ3) is 6.59. The van der Waals surface area contributed by atoms with Crippen molar-refractivity contribution in [3.05, 3.63) is 35.4 Å². The van der Waals surface area contributed by atoms with Gasteiger partial charge in [0.05, 0.1) is 18.2 Å². The molecule has 3 rings (SSSR count). The number of benzene rings is 1. The predicted molar refractivity (Wildman–Crippen MR) is 115 cm³/mol. The number of aliphatic imine (C=N–C) groups is 1. The largest absolute Gasteiger partial charge is 0.416 e. The number of methoxy groups -OCH3 is 1. The van der Waals surface area contributed by atoms with Gasteiger partial charge in [-0.25, -0.2) is 0 Å². The topological polar surface area (TPSA) is 46.1 Å². The zero-order chi connectivity index (χ0) is 22.3. The summed E-state index contributed by atoms with van der Waals surface area (Å²) in [5.74, 6) is 0.846. The number of piperidine rings is 1. The quantitative estimate of drug-likeness (QED) is 0.354. The lowest BCUT2D eigenvalue weighted by Gasteiger charge is -2.34. The minimum absolute atomic E-state index is 0.260. The number of likely N-dealkylation sites (tertiary alicyclic amines) is 1. The Balaban J connectivity index is 1.59. The van der Waals surface area contributed by atoms with Crippen LogP contribution in [0.4, 0.5) is 13.2 Å². The number of rotatable bonds is 9. The van der Waals surface area contributed by atoms with Gasteiger partial charge in [-0.15, -0.1) is 0 Å². The Labute approximate surface area is 183 Å². The highest BCUT2D eigenvalue weighted by atomic mass is 19.4. The third-order valence-corrected chi connectivity index (χ3v) is 6.11. The summed E-state index contributed by atoms with van der Waals surface area (Å²) in [7, 11) is 1.69. The molecule has 5 nitrogen and oxygen atoms in total. The molecule has 1 N–H and O–H groups in total. The molecule has 8 heteroatoms. The van der Waals surface area contributed by atoms with Gasteiger partial charge in [-0.1, -0.05) is 18.2 Å². The first-order valence-corrected chi connectivity index (χ1v) is 11.2. The summed E-state index contributed by atoms with van der Waals surface area (Å²) < 4.78 is 50.4. The van der Waals surface area contributed by atoms with E-state index in [0.29, 0.717) is 19.8 Å². The van der Waals surface area contributed by atoms with Crippen LogP contribution >= 0.6 is 0 Å². The number of halogens is 3. The van der Waals surface area contributed by atoms with Crippen LogP contribution in [0.15, 0.2) is 29.3 Å². The molecule has 1 aromatic rings. The minimum Gasteiger partial charge on any atom is -0.385 e. The van der Waals surface area contributed by atoms with Gasteiger partial charge in [0, 0.05) is 45.4 Å². The summed E-state index contributed by atoms with van der Waals surface area (Å²) in [5, 5.41) is 3.35. The van der Waals surface area contributed by atoms with E-state index in [2.05, 4.69) is 10.2 Å². The molecule has 0 unspecified atom stereocenters. The number of guanidine groups is 1. The Morgan fingerprint density at radius 3 is 2.58 bits per heavy atom. The maximum Gasteiger partial charge on any atom is 0.416 e. The standard InChI is InChI=1S/C23H34F3N3O2/c1-3-27-21(29-12-8-20(9-13-29)31-15-5-14-30-2)28-17-22(10-11-22)18-6-4-7-19(16-18)23(24,25)26/h4,6-7,16,20H,3,5,8-15,17H2,1-2H3,(H,27,28). The van der Waals surface area contributed by atoms with Gasteiger partial charge in [-0.3, -0.25) is 4.99 Å². The van der Waals surface area contributed by atoms with Crippen LogP contribution in [0.2, 0.25) is 0 Å². The average molecular weight is 442 g/mol. The molecular formula is C23H34F3N3O2. The summed E-state index contributed by atoms with van der Waals surface area (Å²) in [6, 6.07) is 5.73. The number of alkyl halides is 3. The molecule has 174 valence electrons. The van der Waals surface area contributed by atoms with Crippen molar-refractivity contribution in [2.45, 2.75) is 56.7 Å². The Bertz CT molecular complexity index is 727. The summed E-state index contributed by atoms with van der Waals surface area (Å²) in [6.07, 6.45) is 0.463. The Hall–Kier alpha value is -1.80. The van der Waals surface area contributed by atoms with Crippen LogP contribution in [0.25, 0.3) is 0 Å². The van der Waals surface area contributed by atoms with Crippen LogP contribution in [0.3, 0.4) is 0 Å². The second-order valence-electron chi connectivity index (χ2n) is 8.43. The van der Waals surface area contributed by atoms with E-state index >= 15 is 0 Å². The number of ether oxygens (including phenoxy) is 2. The van der Waals surface area contributed by atoms with Gasteiger partial charge in [0.1, 0.15) is 0 Å². The highest BCUT2D eigenvalue weighted by molar-refractivity contribution is 5.80. The van der Waals surface area contributed by atoms with E-state index in [4.69, 9.17) is 14.5 Å². The molecule has 0 atom stereocenters. The van der Waals surface area contributed by atoms with E-state index in [1.165, 1.54) is 12.1 Å². The molecule has 1 heterocycles. The molecule has 2 fully saturated rings. The normalized spacial score (nSPS) is 19.5. The second-order valence-corrected chi connectivity index (χ2v) is 8.43. The van der Waals surface area contributed by atoms with Gasteiger partial charge >= 0.3 is 6.18 Å². The highest BCUT2D eigenvalue weighted by Gasteiger charge is 2.45. The van der Waals surface area contributed by atoms with Crippen molar-refractivity contribution in [1.82, 2.24) is 10.2 Å². The fourth-order valence-corrected chi connectivity index (χ4v) is 4.05. The van der Waals surface area contributed by atoms with Gasteiger partial charge in [-0.05, 0) is 50.7 Å². The van der Waals surface area contributed by atoms with Crippen molar-refractivity contribution in [3.8, 4) is 0 Å². The SMILES string of the molecule is CCNC(=NCC1(c2cccc(C(F)(F)F)c2)CC1)N1CCC(OCCCOC)CC1. The van der Waals surface area contributed by atoms with Crippen molar-refractivity contribution < 1.29 is 22.6 Å². The Kier molecular flexibility index (Phi) is 8.22. The summed E-state index contributed by atoms with van der Waals surface area (Å²) in [6.45, 7) is 6.43. The van der Waals surface area contributed by atoms with E-state index in [9.17, 15) is 13.2 Å². The molecule has 1 aliphatic carbocycles. The first kappa shape index (κ1) is 23.9. The molecule has 0 radical (unpaired) electrons. The molecule has 0 aromatic heterocycles. The Morgan fingerprint density at radius 1 is 1.23 bits per heavy atom. The number of hydrogen-bond donors (Lipinski definition) is 1. The molecule has 1 saturated heterocycles. The second kappa shape index (κ2) is 10.7. The zero-order valence-electron chi connectivity index (χ0n) is 18.5. The molecule has 0 amide bonds. The van der Waals surface area contributed by atoms with E-state index in [1.54, 1.807) is 13.2 Å². The van der Waals surface area contributed by atoms with E-state index in [1.807, 2.05) is 6.92 Å². The van der Waals surface area contributed by atoms with Gasteiger partial charge in [0.2, 0.25) is 0 Å². The van der Waals surface area contributed by atoms with Crippen molar-refractivity contribution in [1.29, 1.82) is 0 Å². The van der Waals surface area contributed by atoms with Crippen LogP contribution in [-0.4, -0.2) is 63.5 Å². The lowest BCUT2D eigenvalue weighted by Crippen LogP contribution is -2.47. The molecule has 0 bridgehead atoms. The highest BCUT2D eigenvalue weighted by Crippen LogP contribution is 2.49. The van der Waals surface area contributed by atoms with E-state index in [-0.39, 0.29) is 11.5 Å². The van der Waals surface area contributed by atoms with E-state index in [0.717, 1.165) is 69.3 Å².